The van der Waals surface area contributed by atoms with Crippen LogP contribution in [0.25, 0.3) is 11.1 Å². The number of urea groups is 1. The summed E-state index contributed by atoms with van der Waals surface area (Å²) in [6, 6.07) is 20.1. The first kappa shape index (κ1) is 23.1. The number of ether oxygens (including phenoxy) is 1. The molecule has 2 aliphatic rings. The van der Waals surface area contributed by atoms with Crippen molar-refractivity contribution in [2.75, 3.05) is 31.2 Å². The molecule has 0 spiro atoms. The largest absolute Gasteiger partial charge is 0.378 e. The van der Waals surface area contributed by atoms with Crippen LogP contribution in [0.2, 0.25) is 0 Å². The Kier molecular flexibility index (Phi) is 6.27. The number of carbonyl (C=O) groups is 3. The predicted octanol–water partition coefficient (Wildman–Crippen LogP) is 3.75. The maximum atomic E-state index is 13.4. The first-order chi connectivity index (χ1) is 17.0. The molecule has 5 rings (SSSR count). The van der Waals surface area contributed by atoms with Crippen molar-refractivity contribution in [3.63, 3.8) is 0 Å². The van der Waals surface area contributed by atoms with Crippen LogP contribution >= 0.6 is 11.3 Å². The Bertz CT molecular complexity index is 1240. The van der Waals surface area contributed by atoms with Gasteiger partial charge in [-0.15, -0.1) is 11.3 Å². The van der Waals surface area contributed by atoms with Gasteiger partial charge in [-0.05, 0) is 23.6 Å². The van der Waals surface area contributed by atoms with Crippen LogP contribution in [-0.2, 0) is 15.1 Å². The van der Waals surface area contributed by atoms with Gasteiger partial charge in [0.1, 0.15) is 5.54 Å². The summed E-state index contributed by atoms with van der Waals surface area (Å²) in [5, 5.41) is 4.56. The van der Waals surface area contributed by atoms with Crippen molar-refractivity contribution in [2.45, 2.75) is 18.9 Å². The Morgan fingerprint density at radius 3 is 2.37 bits per heavy atom. The van der Waals surface area contributed by atoms with E-state index in [9.17, 15) is 14.4 Å². The zero-order valence-corrected chi connectivity index (χ0v) is 20.1. The molecule has 35 heavy (non-hydrogen) atoms. The normalized spacial score (nSPS) is 20.1. The molecule has 2 aromatic carbocycles. The zero-order chi connectivity index (χ0) is 24.4. The van der Waals surface area contributed by atoms with Gasteiger partial charge in [0.05, 0.1) is 23.1 Å². The zero-order valence-electron chi connectivity index (χ0n) is 19.3. The second-order valence-corrected chi connectivity index (χ2v) is 9.46. The highest BCUT2D eigenvalue weighted by molar-refractivity contribution is 7.18. The fourth-order valence-corrected chi connectivity index (χ4v) is 5.64. The number of nitrogens with zero attached hydrogens (tertiary/aromatic N) is 2. The van der Waals surface area contributed by atoms with E-state index < -0.39 is 23.4 Å². The van der Waals surface area contributed by atoms with Gasteiger partial charge in [0.2, 0.25) is 0 Å². The molecule has 9 heteroatoms. The van der Waals surface area contributed by atoms with Crippen LogP contribution in [0.3, 0.4) is 0 Å². The molecule has 3 aromatic rings. The molecule has 1 atom stereocenters. The van der Waals surface area contributed by atoms with E-state index in [4.69, 9.17) is 4.74 Å². The van der Waals surface area contributed by atoms with Gasteiger partial charge in [-0.3, -0.25) is 15.0 Å². The molecule has 2 saturated heterocycles. The monoisotopic (exact) mass is 490 g/mol. The topological polar surface area (TPSA) is 91.0 Å². The average molecular weight is 491 g/mol. The van der Waals surface area contributed by atoms with Gasteiger partial charge in [0, 0.05) is 18.7 Å². The first-order valence-corrected chi connectivity index (χ1v) is 12.4. The molecule has 2 aliphatic heterocycles. The number of nitrogens with one attached hydrogen (secondary N) is 2. The fourth-order valence-electron chi connectivity index (χ4n) is 4.51. The van der Waals surface area contributed by atoms with Gasteiger partial charge in [0.25, 0.3) is 11.8 Å². The lowest BCUT2D eigenvalue weighted by Crippen LogP contribution is -2.48. The van der Waals surface area contributed by atoms with Crippen LogP contribution in [0.5, 0.6) is 0 Å². The minimum Gasteiger partial charge on any atom is -0.378 e. The summed E-state index contributed by atoms with van der Waals surface area (Å²) in [6.45, 7) is 4.52. The van der Waals surface area contributed by atoms with Crippen LogP contribution in [-0.4, -0.2) is 49.2 Å². The first-order valence-electron chi connectivity index (χ1n) is 11.6. The number of hydrazine groups is 1. The van der Waals surface area contributed by atoms with E-state index in [-0.39, 0.29) is 0 Å². The van der Waals surface area contributed by atoms with Crippen molar-refractivity contribution in [1.82, 2.24) is 15.8 Å². The number of benzene rings is 2. The van der Waals surface area contributed by atoms with Crippen LogP contribution < -0.4 is 15.6 Å². The van der Waals surface area contributed by atoms with Crippen molar-refractivity contribution < 1.29 is 19.1 Å². The van der Waals surface area contributed by atoms with E-state index in [1.165, 1.54) is 11.3 Å². The quantitative estimate of drug-likeness (QED) is 0.514. The summed E-state index contributed by atoms with van der Waals surface area (Å²) in [6.07, 6.45) is 0.353. The molecule has 0 bridgehead atoms. The van der Waals surface area contributed by atoms with Crippen LogP contribution in [0.4, 0.5) is 9.80 Å². The fraction of sp³-hybridized carbons (Fsp3) is 0.269. The maximum absolute atomic E-state index is 13.4. The Morgan fingerprint density at radius 1 is 1.06 bits per heavy atom. The molecule has 1 unspecified atom stereocenters. The summed E-state index contributed by atoms with van der Waals surface area (Å²) in [5.41, 5.74) is 3.94. The molecule has 1 aromatic heterocycles. The third-order valence-electron chi connectivity index (χ3n) is 6.42. The van der Waals surface area contributed by atoms with E-state index in [2.05, 4.69) is 15.6 Å². The van der Waals surface area contributed by atoms with Crippen LogP contribution in [0.1, 0.15) is 28.6 Å². The lowest BCUT2D eigenvalue weighted by atomic mass is 9.87. The second kappa shape index (κ2) is 9.52. The molecule has 0 saturated carbocycles. The summed E-state index contributed by atoms with van der Waals surface area (Å²) in [7, 11) is 0. The Labute approximate surface area is 207 Å². The summed E-state index contributed by atoms with van der Waals surface area (Å²) in [4.78, 5) is 42.1. The number of anilines is 1. The lowest BCUT2D eigenvalue weighted by molar-refractivity contribution is -0.133. The van der Waals surface area contributed by atoms with Crippen LogP contribution in [0, 0.1) is 0 Å². The predicted molar refractivity (Wildman–Crippen MR) is 134 cm³/mol. The van der Waals surface area contributed by atoms with E-state index in [1.807, 2.05) is 61.5 Å². The minimum atomic E-state index is -1.21. The van der Waals surface area contributed by atoms with E-state index in [0.717, 1.165) is 34.2 Å². The van der Waals surface area contributed by atoms with Crippen molar-refractivity contribution in [3.8, 4) is 11.1 Å². The van der Waals surface area contributed by atoms with E-state index in [0.29, 0.717) is 30.1 Å². The van der Waals surface area contributed by atoms with E-state index >= 15 is 0 Å². The van der Waals surface area contributed by atoms with Gasteiger partial charge in [-0.2, -0.15) is 5.01 Å². The molecular weight excluding hydrogens is 464 g/mol. The van der Waals surface area contributed by atoms with E-state index in [1.54, 1.807) is 12.1 Å². The number of hydrogen-bond donors (Lipinski definition) is 2. The highest BCUT2D eigenvalue weighted by Crippen LogP contribution is 2.39. The highest BCUT2D eigenvalue weighted by atomic mass is 32.1. The molecule has 180 valence electrons. The SMILES string of the molecule is CCC1(c2ccccc2)NC(=O)N(NC(=O)c2cc(-c3ccccc3)c(N3CCOCC3)s2)C1=O. The average Bonchev–Trinajstić information content (AvgIpc) is 3.46. The number of thiophene rings is 1. The van der Waals surface area contributed by atoms with Crippen molar-refractivity contribution in [3.05, 3.63) is 77.2 Å². The number of rotatable bonds is 6. The van der Waals surface area contributed by atoms with Crippen molar-refractivity contribution >= 4 is 34.2 Å². The minimum absolute atomic E-state index is 0.353. The summed E-state index contributed by atoms with van der Waals surface area (Å²) < 4.78 is 5.49. The van der Waals surface area contributed by atoms with Gasteiger partial charge in [0.15, 0.2) is 0 Å². The van der Waals surface area contributed by atoms with Gasteiger partial charge in [-0.1, -0.05) is 67.6 Å². The van der Waals surface area contributed by atoms with Crippen LogP contribution in [0.15, 0.2) is 66.7 Å². The highest BCUT2D eigenvalue weighted by Gasteiger charge is 2.52. The Morgan fingerprint density at radius 2 is 1.71 bits per heavy atom. The van der Waals surface area contributed by atoms with Crippen molar-refractivity contribution in [1.29, 1.82) is 0 Å². The molecule has 8 nitrogen and oxygen atoms in total. The Hall–Kier alpha value is -3.69. The molecule has 2 N–H and O–H groups in total. The summed E-state index contributed by atoms with van der Waals surface area (Å²) >= 11 is 1.35. The molecule has 2 fully saturated rings. The molecular formula is C26H26N4O4S. The second-order valence-electron chi connectivity index (χ2n) is 8.43. The maximum Gasteiger partial charge on any atom is 0.344 e. The number of imide groups is 1. The van der Waals surface area contributed by atoms with Gasteiger partial charge >= 0.3 is 6.03 Å². The number of morpholine rings is 1. The van der Waals surface area contributed by atoms with Crippen molar-refractivity contribution in [2.24, 2.45) is 0 Å². The summed E-state index contributed by atoms with van der Waals surface area (Å²) in [5.74, 6) is -1.01. The Balaban J connectivity index is 1.43. The lowest BCUT2D eigenvalue weighted by Gasteiger charge is -2.28. The standard InChI is InChI=1S/C26H26N4O4S/c1-2-26(19-11-7-4-8-12-19)24(32)30(25(33)27-26)28-22(31)21-17-20(18-9-5-3-6-10-18)23(35-21)29-13-15-34-16-14-29/h3-12,17H,2,13-16H2,1H3,(H,27,33)(H,28,31). The molecule has 3 heterocycles. The number of carbonyl (C=O) groups excluding carboxylic acids is 3. The third kappa shape index (κ3) is 4.17. The number of hydrogen-bond acceptors (Lipinski definition) is 6. The van der Waals surface area contributed by atoms with Gasteiger partial charge < -0.3 is 15.0 Å². The third-order valence-corrected chi connectivity index (χ3v) is 7.62. The smallest absolute Gasteiger partial charge is 0.344 e. The molecule has 0 radical (unpaired) electrons. The van der Waals surface area contributed by atoms with Gasteiger partial charge in [-0.25, -0.2) is 4.79 Å². The molecule has 4 amide bonds. The molecule has 0 aliphatic carbocycles. The number of amides is 4.